The van der Waals surface area contributed by atoms with Gasteiger partial charge in [0.15, 0.2) is 0 Å². The second-order valence-corrected chi connectivity index (χ2v) is 6.50. The summed E-state index contributed by atoms with van der Waals surface area (Å²) in [6.45, 7) is 8.09. The number of rotatable bonds is 6. The largest absolute Gasteiger partial charge is 0.494 e. The molecule has 0 radical (unpaired) electrons. The molecular weight excluding hydrogens is 288 g/mol. The summed E-state index contributed by atoms with van der Waals surface area (Å²) in [6.07, 6.45) is -0.00492. The molecule has 0 aliphatic carbocycles. The van der Waals surface area contributed by atoms with Gasteiger partial charge in [0.25, 0.3) is 0 Å². The number of anilines is 1. The molecule has 6 heteroatoms. The lowest BCUT2D eigenvalue weighted by Crippen LogP contribution is -2.44. The summed E-state index contributed by atoms with van der Waals surface area (Å²) in [5.74, 6) is 1.17. The molecule has 1 heterocycles. The SMILES string of the molecule is CCOc1ccc(N)c(S(=O)CC2CN(CC)CCO2)c1. The second-order valence-electron chi connectivity index (χ2n) is 5.03. The molecule has 1 fully saturated rings. The Hall–Kier alpha value is -1.11. The van der Waals surface area contributed by atoms with Crippen molar-refractivity contribution in [2.24, 2.45) is 0 Å². The molecule has 1 aromatic carbocycles. The van der Waals surface area contributed by atoms with E-state index < -0.39 is 10.8 Å². The molecule has 1 saturated heterocycles. The lowest BCUT2D eigenvalue weighted by atomic mass is 10.3. The van der Waals surface area contributed by atoms with Gasteiger partial charge in [0.2, 0.25) is 0 Å². The van der Waals surface area contributed by atoms with E-state index in [-0.39, 0.29) is 6.10 Å². The normalized spacial score (nSPS) is 21.1. The number of morpholine rings is 1. The number of ether oxygens (including phenoxy) is 2. The summed E-state index contributed by atoms with van der Waals surface area (Å²) in [7, 11) is -1.18. The standard InChI is InChI=1S/C15H24N2O3S/c1-3-17-7-8-20-13(10-17)11-21(18)15-9-12(19-4-2)5-6-14(15)16/h5-6,9,13H,3-4,7-8,10-11,16H2,1-2H3. The lowest BCUT2D eigenvalue weighted by Gasteiger charge is -2.31. The Morgan fingerprint density at radius 2 is 2.29 bits per heavy atom. The minimum atomic E-state index is -1.18. The van der Waals surface area contributed by atoms with Crippen molar-refractivity contribution < 1.29 is 13.7 Å². The molecule has 5 nitrogen and oxygen atoms in total. The number of nitrogen functional groups attached to an aromatic ring is 1. The maximum atomic E-state index is 12.6. The Morgan fingerprint density at radius 3 is 3.00 bits per heavy atom. The van der Waals surface area contributed by atoms with Crippen LogP contribution in [0.3, 0.4) is 0 Å². The van der Waals surface area contributed by atoms with Crippen molar-refractivity contribution >= 4 is 16.5 Å². The molecule has 1 aliphatic heterocycles. The molecule has 21 heavy (non-hydrogen) atoms. The Bertz CT molecular complexity index is 496. The summed E-state index contributed by atoms with van der Waals surface area (Å²) in [5, 5.41) is 0. The Balaban J connectivity index is 2.04. The maximum Gasteiger partial charge on any atom is 0.120 e. The minimum absolute atomic E-state index is 0.00492. The molecular formula is C15H24N2O3S. The molecule has 0 spiro atoms. The monoisotopic (exact) mass is 312 g/mol. The molecule has 1 aliphatic rings. The van der Waals surface area contributed by atoms with E-state index in [4.69, 9.17) is 15.2 Å². The highest BCUT2D eigenvalue weighted by atomic mass is 32.2. The highest BCUT2D eigenvalue weighted by Crippen LogP contribution is 2.24. The topological polar surface area (TPSA) is 64.8 Å². The van der Waals surface area contributed by atoms with E-state index in [1.165, 1.54) is 0 Å². The van der Waals surface area contributed by atoms with Gasteiger partial charge in [-0.25, -0.2) is 0 Å². The van der Waals surface area contributed by atoms with Crippen LogP contribution in [0.25, 0.3) is 0 Å². The van der Waals surface area contributed by atoms with Crippen LogP contribution in [0, 0.1) is 0 Å². The van der Waals surface area contributed by atoms with Crippen LogP contribution >= 0.6 is 0 Å². The average Bonchev–Trinajstić information content (AvgIpc) is 2.49. The van der Waals surface area contributed by atoms with E-state index in [1.807, 2.05) is 6.92 Å². The van der Waals surface area contributed by atoms with Crippen molar-refractivity contribution in [3.05, 3.63) is 18.2 Å². The molecule has 0 saturated carbocycles. The molecule has 2 atom stereocenters. The van der Waals surface area contributed by atoms with E-state index in [1.54, 1.807) is 18.2 Å². The summed E-state index contributed by atoms with van der Waals surface area (Å²) in [6, 6.07) is 5.32. The fourth-order valence-electron chi connectivity index (χ4n) is 2.40. The first kappa shape index (κ1) is 16.3. The quantitative estimate of drug-likeness (QED) is 0.806. The van der Waals surface area contributed by atoms with Gasteiger partial charge in [-0.15, -0.1) is 0 Å². The first-order valence-electron chi connectivity index (χ1n) is 7.38. The van der Waals surface area contributed by atoms with Crippen LogP contribution in [-0.4, -0.2) is 53.8 Å². The molecule has 0 aromatic heterocycles. The van der Waals surface area contributed by atoms with E-state index >= 15 is 0 Å². The molecule has 118 valence electrons. The zero-order chi connectivity index (χ0) is 15.2. The smallest absolute Gasteiger partial charge is 0.120 e. The van der Waals surface area contributed by atoms with Crippen LogP contribution in [-0.2, 0) is 15.5 Å². The van der Waals surface area contributed by atoms with Crippen molar-refractivity contribution in [2.75, 3.05) is 44.3 Å². The van der Waals surface area contributed by atoms with Crippen molar-refractivity contribution in [1.29, 1.82) is 0 Å². The van der Waals surface area contributed by atoms with Crippen LogP contribution in [0.4, 0.5) is 5.69 Å². The Kier molecular flexibility index (Phi) is 6.02. The van der Waals surface area contributed by atoms with Crippen molar-refractivity contribution in [3.8, 4) is 5.75 Å². The average molecular weight is 312 g/mol. The fourth-order valence-corrected chi connectivity index (χ4v) is 3.69. The van der Waals surface area contributed by atoms with Crippen LogP contribution in [0.2, 0.25) is 0 Å². The predicted octanol–water partition coefficient (Wildman–Crippen LogP) is 1.50. The van der Waals surface area contributed by atoms with Crippen LogP contribution < -0.4 is 10.5 Å². The highest BCUT2D eigenvalue weighted by Gasteiger charge is 2.23. The van der Waals surface area contributed by atoms with Gasteiger partial charge in [-0.2, -0.15) is 0 Å². The van der Waals surface area contributed by atoms with E-state index in [2.05, 4.69) is 11.8 Å². The third kappa shape index (κ3) is 4.43. The number of hydrogen-bond donors (Lipinski definition) is 1. The zero-order valence-electron chi connectivity index (χ0n) is 12.7. The number of nitrogens with two attached hydrogens (primary N) is 1. The van der Waals surface area contributed by atoms with Gasteiger partial charge in [-0.3, -0.25) is 9.11 Å². The van der Waals surface area contributed by atoms with Gasteiger partial charge < -0.3 is 15.2 Å². The number of nitrogens with zero attached hydrogens (tertiary/aromatic N) is 1. The van der Waals surface area contributed by atoms with Crippen molar-refractivity contribution in [1.82, 2.24) is 4.90 Å². The third-order valence-electron chi connectivity index (χ3n) is 3.55. The molecule has 2 N–H and O–H groups in total. The minimum Gasteiger partial charge on any atom is -0.494 e. The Morgan fingerprint density at radius 1 is 1.48 bits per heavy atom. The van der Waals surface area contributed by atoms with Crippen molar-refractivity contribution in [3.63, 3.8) is 0 Å². The van der Waals surface area contributed by atoms with E-state index in [0.29, 0.717) is 35.3 Å². The van der Waals surface area contributed by atoms with Gasteiger partial charge in [0.05, 0.1) is 40.8 Å². The van der Waals surface area contributed by atoms with Gasteiger partial charge in [-0.05, 0) is 31.7 Å². The summed E-state index contributed by atoms with van der Waals surface area (Å²) in [5.41, 5.74) is 6.49. The first-order valence-corrected chi connectivity index (χ1v) is 8.70. The number of likely N-dealkylation sites (N-methyl/N-ethyl adjacent to an activating group) is 1. The molecule has 0 amide bonds. The van der Waals surface area contributed by atoms with Gasteiger partial charge in [0, 0.05) is 18.8 Å². The van der Waals surface area contributed by atoms with Gasteiger partial charge in [0.1, 0.15) is 5.75 Å². The maximum absolute atomic E-state index is 12.6. The summed E-state index contributed by atoms with van der Waals surface area (Å²) < 4.78 is 23.7. The predicted molar refractivity (Wildman–Crippen MR) is 85.2 cm³/mol. The van der Waals surface area contributed by atoms with Crippen molar-refractivity contribution in [2.45, 2.75) is 24.8 Å². The second kappa shape index (κ2) is 7.77. The third-order valence-corrected chi connectivity index (χ3v) is 5.07. The number of benzene rings is 1. The summed E-state index contributed by atoms with van der Waals surface area (Å²) >= 11 is 0. The molecule has 1 aromatic rings. The molecule has 0 bridgehead atoms. The molecule has 2 unspecified atom stereocenters. The fraction of sp³-hybridized carbons (Fsp3) is 0.600. The highest BCUT2D eigenvalue weighted by molar-refractivity contribution is 7.85. The Labute approximate surface area is 128 Å². The number of hydrogen-bond acceptors (Lipinski definition) is 5. The van der Waals surface area contributed by atoms with E-state index in [0.717, 1.165) is 19.6 Å². The van der Waals surface area contributed by atoms with Crippen LogP contribution in [0.1, 0.15) is 13.8 Å². The zero-order valence-corrected chi connectivity index (χ0v) is 13.5. The summed E-state index contributed by atoms with van der Waals surface area (Å²) in [4.78, 5) is 2.95. The van der Waals surface area contributed by atoms with Gasteiger partial charge >= 0.3 is 0 Å². The van der Waals surface area contributed by atoms with Gasteiger partial charge in [-0.1, -0.05) is 6.92 Å². The lowest BCUT2D eigenvalue weighted by molar-refractivity contribution is -0.0141. The van der Waals surface area contributed by atoms with Crippen LogP contribution in [0.5, 0.6) is 5.75 Å². The van der Waals surface area contributed by atoms with Crippen LogP contribution in [0.15, 0.2) is 23.1 Å². The molecule has 2 rings (SSSR count). The first-order chi connectivity index (χ1) is 10.1. The van der Waals surface area contributed by atoms with E-state index in [9.17, 15) is 4.21 Å².